The predicted octanol–water partition coefficient (Wildman–Crippen LogP) is 3.08. The summed E-state index contributed by atoms with van der Waals surface area (Å²) in [5.41, 5.74) is 3.27. The Hall–Kier alpha value is -2.17. The SMILES string of the molecule is Cc1ccc(C)c(N2CC(c3nc(C4CC4)no3)CC2=O)c1. The third-order valence-electron chi connectivity index (χ3n) is 4.53. The van der Waals surface area contributed by atoms with Crippen LogP contribution in [-0.2, 0) is 4.79 Å². The van der Waals surface area contributed by atoms with Gasteiger partial charge >= 0.3 is 0 Å². The van der Waals surface area contributed by atoms with Crippen LogP contribution < -0.4 is 4.90 Å². The van der Waals surface area contributed by atoms with E-state index >= 15 is 0 Å². The summed E-state index contributed by atoms with van der Waals surface area (Å²) in [6, 6.07) is 6.19. The first kappa shape index (κ1) is 13.5. The van der Waals surface area contributed by atoms with Crippen molar-refractivity contribution >= 4 is 11.6 Å². The number of carbonyl (C=O) groups is 1. The van der Waals surface area contributed by atoms with E-state index in [-0.39, 0.29) is 11.8 Å². The van der Waals surface area contributed by atoms with Crippen molar-refractivity contribution in [2.75, 3.05) is 11.4 Å². The van der Waals surface area contributed by atoms with Crippen molar-refractivity contribution in [1.29, 1.82) is 0 Å². The van der Waals surface area contributed by atoms with Crippen molar-refractivity contribution in [3.8, 4) is 0 Å². The van der Waals surface area contributed by atoms with E-state index in [9.17, 15) is 4.79 Å². The predicted molar refractivity (Wildman–Crippen MR) is 81.9 cm³/mol. The summed E-state index contributed by atoms with van der Waals surface area (Å²) in [7, 11) is 0. The minimum Gasteiger partial charge on any atom is -0.339 e. The van der Waals surface area contributed by atoms with Crippen molar-refractivity contribution in [3.05, 3.63) is 41.0 Å². The third kappa shape index (κ3) is 2.30. The molecule has 1 aromatic carbocycles. The van der Waals surface area contributed by atoms with Crippen LogP contribution in [0.4, 0.5) is 5.69 Å². The first-order valence-corrected chi connectivity index (χ1v) is 7.83. The monoisotopic (exact) mass is 297 g/mol. The van der Waals surface area contributed by atoms with Crippen molar-refractivity contribution in [2.45, 2.75) is 44.9 Å². The fourth-order valence-electron chi connectivity index (χ4n) is 3.04. The van der Waals surface area contributed by atoms with E-state index in [0.717, 1.165) is 35.5 Å². The fourth-order valence-corrected chi connectivity index (χ4v) is 3.04. The lowest BCUT2D eigenvalue weighted by Gasteiger charge is -2.19. The molecular formula is C17H19N3O2. The third-order valence-corrected chi connectivity index (χ3v) is 4.53. The molecule has 0 spiro atoms. The number of rotatable bonds is 3. The van der Waals surface area contributed by atoms with E-state index in [1.807, 2.05) is 18.7 Å². The van der Waals surface area contributed by atoms with Gasteiger partial charge in [0.25, 0.3) is 0 Å². The van der Waals surface area contributed by atoms with Crippen LogP contribution in [0.15, 0.2) is 22.7 Å². The van der Waals surface area contributed by atoms with Crippen molar-refractivity contribution in [3.63, 3.8) is 0 Å². The number of benzene rings is 1. The number of amides is 1. The summed E-state index contributed by atoms with van der Waals surface area (Å²) >= 11 is 0. The molecule has 4 rings (SSSR count). The summed E-state index contributed by atoms with van der Waals surface area (Å²) in [6.45, 7) is 4.70. The molecule has 1 aromatic heterocycles. The molecule has 5 nitrogen and oxygen atoms in total. The van der Waals surface area contributed by atoms with Crippen LogP contribution in [-0.4, -0.2) is 22.6 Å². The molecule has 1 aliphatic heterocycles. The van der Waals surface area contributed by atoms with Crippen LogP contribution in [0.25, 0.3) is 0 Å². The van der Waals surface area contributed by atoms with E-state index in [4.69, 9.17) is 4.52 Å². The van der Waals surface area contributed by atoms with Crippen molar-refractivity contribution in [2.24, 2.45) is 0 Å². The molecule has 2 aliphatic rings. The average Bonchev–Trinajstić information content (AvgIpc) is 3.10. The van der Waals surface area contributed by atoms with Gasteiger partial charge in [-0.05, 0) is 43.9 Å². The van der Waals surface area contributed by atoms with Crippen LogP contribution in [0.1, 0.15) is 53.9 Å². The second-order valence-corrected chi connectivity index (χ2v) is 6.46. The number of carbonyl (C=O) groups excluding carboxylic acids is 1. The number of hydrogen-bond acceptors (Lipinski definition) is 4. The highest BCUT2D eigenvalue weighted by Gasteiger charge is 2.37. The highest BCUT2D eigenvalue weighted by atomic mass is 16.5. The molecule has 0 radical (unpaired) electrons. The molecule has 1 saturated carbocycles. The van der Waals surface area contributed by atoms with Gasteiger partial charge in [-0.3, -0.25) is 4.79 Å². The van der Waals surface area contributed by atoms with Crippen molar-refractivity contribution < 1.29 is 9.32 Å². The minimum absolute atomic E-state index is 0.00686. The van der Waals surface area contributed by atoms with Crippen molar-refractivity contribution in [1.82, 2.24) is 10.1 Å². The molecule has 1 unspecified atom stereocenters. The molecule has 1 atom stereocenters. The zero-order chi connectivity index (χ0) is 15.3. The lowest BCUT2D eigenvalue weighted by atomic mass is 10.1. The molecular weight excluding hydrogens is 278 g/mol. The molecule has 0 N–H and O–H groups in total. The summed E-state index contributed by atoms with van der Waals surface area (Å²) in [4.78, 5) is 18.8. The lowest BCUT2D eigenvalue weighted by molar-refractivity contribution is -0.117. The summed E-state index contributed by atoms with van der Waals surface area (Å²) in [6.07, 6.45) is 2.74. The topological polar surface area (TPSA) is 59.2 Å². The highest BCUT2D eigenvalue weighted by Crippen LogP contribution is 2.39. The smallest absolute Gasteiger partial charge is 0.232 e. The van der Waals surface area contributed by atoms with E-state index in [1.54, 1.807) is 0 Å². The number of hydrogen-bond donors (Lipinski definition) is 0. The van der Waals surface area contributed by atoms with Gasteiger partial charge in [-0.1, -0.05) is 17.3 Å². The normalized spacial score (nSPS) is 21.6. The maximum Gasteiger partial charge on any atom is 0.232 e. The fraction of sp³-hybridized carbons (Fsp3) is 0.471. The Morgan fingerprint density at radius 1 is 1.23 bits per heavy atom. The van der Waals surface area contributed by atoms with Gasteiger partial charge in [0.2, 0.25) is 11.8 Å². The Bertz CT molecular complexity index is 733. The molecule has 2 fully saturated rings. The quantitative estimate of drug-likeness (QED) is 0.873. The van der Waals surface area contributed by atoms with Gasteiger partial charge in [0.1, 0.15) is 0 Å². The summed E-state index contributed by atoms with van der Waals surface area (Å²) < 4.78 is 5.40. The van der Waals surface area contributed by atoms with Crippen LogP contribution >= 0.6 is 0 Å². The summed E-state index contributed by atoms with van der Waals surface area (Å²) in [5, 5.41) is 4.06. The molecule has 5 heteroatoms. The molecule has 1 amide bonds. The molecule has 22 heavy (non-hydrogen) atoms. The molecule has 1 aliphatic carbocycles. The maximum absolute atomic E-state index is 12.4. The highest BCUT2D eigenvalue weighted by molar-refractivity contribution is 5.97. The number of nitrogens with zero attached hydrogens (tertiary/aromatic N) is 3. The van der Waals surface area contributed by atoms with Gasteiger partial charge < -0.3 is 9.42 Å². The van der Waals surface area contributed by atoms with Crippen LogP contribution in [0.2, 0.25) is 0 Å². The maximum atomic E-state index is 12.4. The van der Waals surface area contributed by atoms with Crippen LogP contribution in [0, 0.1) is 13.8 Å². The van der Waals surface area contributed by atoms with Gasteiger partial charge in [0.05, 0.1) is 5.92 Å². The van der Waals surface area contributed by atoms with Gasteiger partial charge in [-0.2, -0.15) is 4.98 Å². The van der Waals surface area contributed by atoms with Crippen LogP contribution in [0.5, 0.6) is 0 Å². The molecule has 0 bridgehead atoms. The first-order valence-electron chi connectivity index (χ1n) is 7.83. The first-order chi connectivity index (χ1) is 10.6. The Kier molecular flexibility index (Phi) is 3.03. The Morgan fingerprint density at radius 2 is 2.05 bits per heavy atom. The van der Waals surface area contributed by atoms with Crippen LogP contribution in [0.3, 0.4) is 0 Å². The van der Waals surface area contributed by atoms with Gasteiger partial charge in [0.15, 0.2) is 5.82 Å². The summed E-state index contributed by atoms with van der Waals surface area (Å²) in [5.74, 6) is 2.04. The standard InChI is InChI=1S/C17H19N3O2/c1-10-3-4-11(2)14(7-10)20-9-13(8-15(20)21)17-18-16(19-22-17)12-5-6-12/h3-4,7,12-13H,5-6,8-9H2,1-2H3. The van der Waals surface area contributed by atoms with E-state index in [2.05, 4.69) is 28.3 Å². The number of aryl methyl sites for hydroxylation is 2. The number of aromatic nitrogens is 2. The minimum atomic E-state index is 0.00686. The lowest BCUT2D eigenvalue weighted by Crippen LogP contribution is -2.25. The second-order valence-electron chi connectivity index (χ2n) is 6.46. The number of anilines is 1. The molecule has 2 heterocycles. The van der Waals surface area contributed by atoms with E-state index in [0.29, 0.717) is 24.8 Å². The van der Waals surface area contributed by atoms with Gasteiger partial charge in [-0.25, -0.2) is 0 Å². The molecule has 1 saturated heterocycles. The largest absolute Gasteiger partial charge is 0.339 e. The zero-order valence-corrected chi connectivity index (χ0v) is 12.9. The molecule has 2 aromatic rings. The Labute approximate surface area is 129 Å². The second kappa shape index (κ2) is 4.93. The Balaban J connectivity index is 1.58. The average molecular weight is 297 g/mol. The van der Waals surface area contributed by atoms with Gasteiger partial charge in [0, 0.05) is 24.6 Å². The molecule has 114 valence electrons. The zero-order valence-electron chi connectivity index (χ0n) is 12.9. The van der Waals surface area contributed by atoms with E-state index < -0.39 is 0 Å². The Morgan fingerprint density at radius 3 is 2.82 bits per heavy atom. The van der Waals surface area contributed by atoms with E-state index in [1.165, 1.54) is 0 Å². The van der Waals surface area contributed by atoms with Gasteiger partial charge in [-0.15, -0.1) is 0 Å².